The third-order valence-corrected chi connectivity index (χ3v) is 3.83. The second-order valence-corrected chi connectivity index (χ2v) is 6.29. The van der Waals surface area contributed by atoms with Crippen LogP contribution < -0.4 is 21.5 Å². The first-order valence-corrected chi connectivity index (χ1v) is 7.97. The van der Waals surface area contributed by atoms with Gasteiger partial charge in [-0.3, -0.25) is 19.8 Å². The maximum absolute atomic E-state index is 12.3. The zero-order valence-corrected chi connectivity index (χ0v) is 13.9. The third-order valence-electron chi connectivity index (χ3n) is 3.83. The van der Waals surface area contributed by atoms with Crippen LogP contribution in [-0.2, 0) is 14.4 Å². The highest BCUT2D eigenvalue weighted by Gasteiger charge is 2.32. The first-order chi connectivity index (χ1) is 10.3. The first kappa shape index (κ1) is 18.4. The van der Waals surface area contributed by atoms with Crippen molar-refractivity contribution in [1.82, 2.24) is 21.5 Å². The van der Waals surface area contributed by atoms with E-state index in [9.17, 15) is 14.4 Å². The molecule has 1 aliphatic heterocycles. The number of rotatable bonds is 8. The predicted molar refractivity (Wildman–Crippen MR) is 83.5 cm³/mol. The fourth-order valence-electron chi connectivity index (χ4n) is 2.19. The van der Waals surface area contributed by atoms with Gasteiger partial charge in [-0.1, -0.05) is 34.1 Å². The van der Waals surface area contributed by atoms with E-state index in [1.807, 2.05) is 27.7 Å². The molecular weight excluding hydrogens is 284 g/mol. The minimum Gasteiger partial charge on any atom is -0.344 e. The molecule has 0 saturated carbocycles. The molecule has 0 aliphatic carbocycles. The SMILES string of the molecule is CC[C@H](C)[C@H](NC(=O)[C@@H]1CCC(=O)N1)C(=O)NNCC(C)C. The van der Waals surface area contributed by atoms with Gasteiger partial charge in [-0.05, 0) is 18.3 Å². The average molecular weight is 312 g/mol. The molecule has 7 heteroatoms. The summed E-state index contributed by atoms with van der Waals surface area (Å²) in [5.74, 6) is -0.265. The Kier molecular flexibility index (Phi) is 7.31. The summed E-state index contributed by atoms with van der Waals surface area (Å²) in [7, 11) is 0. The van der Waals surface area contributed by atoms with Crippen molar-refractivity contribution in [3.8, 4) is 0 Å². The van der Waals surface area contributed by atoms with Gasteiger partial charge in [0, 0.05) is 13.0 Å². The van der Waals surface area contributed by atoms with Gasteiger partial charge in [0.1, 0.15) is 12.1 Å². The molecule has 126 valence electrons. The van der Waals surface area contributed by atoms with Gasteiger partial charge >= 0.3 is 0 Å². The number of amides is 3. The minimum atomic E-state index is -0.616. The molecule has 3 amide bonds. The molecule has 1 heterocycles. The molecule has 22 heavy (non-hydrogen) atoms. The van der Waals surface area contributed by atoms with Crippen molar-refractivity contribution in [2.24, 2.45) is 11.8 Å². The Hall–Kier alpha value is -1.63. The van der Waals surface area contributed by atoms with Crippen molar-refractivity contribution in [2.75, 3.05) is 6.54 Å². The summed E-state index contributed by atoms with van der Waals surface area (Å²) in [5, 5.41) is 5.38. The number of hydrazine groups is 1. The monoisotopic (exact) mass is 312 g/mol. The molecule has 1 fully saturated rings. The van der Waals surface area contributed by atoms with E-state index in [0.29, 0.717) is 25.3 Å². The molecule has 0 aromatic carbocycles. The van der Waals surface area contributed by atoms with Crippen molar-refractivity contribution in [2.45, 2.75) is 59.0 Å². The summed E-state index contributed by atoms with van der Waals surface area (Å²) in [6.07, 6.45) is 1.60. The molecule has 0 radical (unpaired) electrons. The van der Waals surface area contributed by atoms with Crippen molar-refractivity contribution >= 4 is 17.7 Å². The minimum absolute atomic E-state index is 0.00176. The predicted octanol–water partition coefficient (Wildman–Crippen LogP) is 0.0727. The number of nitrogens with one attached hydrogen (secondary N) is 4. The molecule has 1 aliphatic rings. The van der Waals surface area contributed by atoms with E-state index in [2.05, 4.69) is 21.5 Å². The van der Waals surface area contributed by atoms with Crippen LogP contribution in [0.1, 0.15) is 47.0 Å². The fourth-order valence-corrected chi connectivity index (χ4v) is 2.19. The highest BCUT2D eigenvalue weighted by molar-refractivity contribution is 5.94. The molecule has 7 nitrogen and oxygen atoms in total. The summed E-state index contributed by atoms with van der Waals surface area (Å²) < 4.78 is 0. The van der Waals surface area contributed by atoms with Crippen LogP contribution in [0.4, 0.5) is 0 Å². The van der Waals surface area contributed by atoms with Gasteiger partial charge in [0.05, 0.1) is 0 Å². The Bertz CT molecular complexity index is 412. The van der Waals surface area contributed by atoms with Gasteiger partial charge in [0.25, 0.3) is 5.91 Å². The van der Waals surface area contributed by atoms with Crippen LogP contribution in [0.2, 0.25) is 0 Å². The first-order valence-electron chi connectivity index (χ1n) is 7.97. The molecule has 1 rings (SSSR count). The van der Waals surface area contributed by atoms with E-state index in [1.54, 1.807) is 0 Å². The maximum Gasteiger partial charge on any atom is 0.256 e. The molecule has 0 unspecified atom stereocenters. The van der Waals surface area contributed by atoms with Crippen LogP contribution in [0, 0.1) is 11.8 Å². The lowest BCUT2D eigenvalue weighted by Crippen LogP contribution is -2.56. The smallest absolute Gasteiger partial charge is 0.256 e. The average Bonchev–Trinajstić information content (AvgIpc) is 2.89. The lowest BCUT2D eigenvalue weighted by molar-refractivity contribution is -0.132. The summed E-state index contributed by atoms with van der Waals surface area (Å²) in [5.41, 5.74) is 5.52. The largest absolute Gasteiger partial charge is 0.344 e. The second-order valence-electron chi connectivity index (χ2n) is 6.29. The molecule has 0 spiro atoms. The number of carbonyl (C=O) groups is 3. The summed E-state index contributed by atoms with van der Waals surface area (Å²) in [6.45, 7) is 8.62. The van der Waals surface area contributed by atoms with E-state index >= 15 is 0 Å². The van der Waals surface area contributed by atoms with E-state index in [4.69, 9.17) is 0 Å². The quantitative estimate of drug-likeness (QED) is 0.477. The van der Waals surface area contributed by atoms with Crippen LogP contribution in [0.25, 0.3) is 0 Å². The standard InChI is InChI=1S/C15H28N4O3/c1-5-10(4)13(15(22)19-16-8-9(2)3)18-14(21)11-6-7-12(20)17-11/h9-11,13,16H,5-8H2,1-4H3,(H,17,20)(H,18,21)(H,19,22)/t10-,11-,13-/m0/s1. The maximum atomic E-state index is 12.3. The lowest BCUT2D eigenvalue weighted by atomic mass is 9.98. The summed E-state index contributed by atoms with van der Waals surface area (Å²) in [4.78, 5) is 35.6. The molecule has 3 atom stereocenters. The highest BCUT2D eigenvalue weighted by atomic mass is 16.2. The number of hydrogen-bond acceptors (Lipinski definition) is 4. The normalized spacial score (nSPS) is 20.4. The summed E-state index contributed by atoms with van der Waals surface area (Å²) in [6, 6.07) is -1.15. The van der Waals surface area contributed by atoms with Crippen molar-refractivity contribution < 1.29 is 14.4 Å². The van der Waals surface area contributed by atoms with E-state index in [-0.39, 0.29) is 23.6 Å². The van der Waals surface area contributed by atoms with Crippen LogP contribution in [0.15, 0.2) is 0 Å². The van der Waals surface area contributed by atoms with Gasteiger partial charge in [-0.2, -0.15) is 0 Å². The molecule has 0 aromatic rings. The van der Waals surface area contributed by atoms with Gasteiger partial charge in [-0.15, -0.1) is 0 Å². The molecule has 0 bridgehead atoms. The van der Waals surface area contributed by atoms with Crippen LogP contribution >= 0.6 is 0 Å². The fraction of sp³-hybridized carbons (Fsp3) is 0.800. The van der Waals surface area contributed by atoms with Gasteiger partial charge < -0.3 is 10.6 Å². The van der Waals surface area contributed by atoms with E-state index < -0.39 is 12.1 Å². The van der Waals surface area contributed by atoms with E-state index in [1.165, 1.54) is 0 Å². The van der Waals surface area contributed by atoms with Gasteiger partial charge in [0.15, 0.2) is 0 Å². The second kappa shape index (κ2) is 8.73. The van der Waals surface area contributed by atoms with Crippen LogP contribution in [-0.4, -0.2) is 36.3 Å². The van der Waals surface area contributed by atoms with Crippen molar-refractivity contribution in [3.63, 3.8) is 0 Å². The Balaban J connectivity index is 2.58. The number of hydrogen-bond donors (Lipinski definition) is 4. The van der Waals surface area contributed by atoms with E-state index in [0.717, 1.165) is 6.42 Å². The Morgan fingerprint density at radius 2 is 2.00 bits per heavy atom. The van der Waals surface area contributed by atoms with Crippen molar-refractivity contribution in [3.05, 3.63) is 0 Å². The number of carbonyl (C=O) groups excluding carboxylic acids is 3. The van der Waals surface area contributed by atoms with Crippen LogP contribution in [0.3, 0.4) is 0 Å². The molecule has 0 aromatic heterocycles. The molecule has 4 N–H and O–H groups in total. The molecular formula is C15H28N4O3. The lowest BCUT2D eigenvalue weighted by Gasteiger charge is -2.25. The molecule has 1 saturated heterocycles. The zero-order valence-electron chi connectivity index (χ0n) is 13.9. The topological polar surface area (TPSA) is 99.3 Å². The zero-order chi connectivity index (χ0) is 16.7. The Morgan fingerprint density at radius 3 is 2.50 bits per heavy atom. The Morgan fingerprint density at radius 1 is 1.32 bits per heavy atom. The Labute approximate surface area is 131 Å². The van der Waals surface area contributed by atoms with Crippen molar-refractivity contribution in [1.29, 1.82) is 0 Å². The van der Waals surface area contributed by atoms with Crippen LogP contribution in [0.5, 0.6) is 0 Å². The van der Waals surface area contributed by atoms with Gasteiger partial charge in [-0.25, -0.2) is 5.43 Å². The third kappa shape index (κ3) is 5.63. The van der Waals surface area contributed by atoms with Gasteiger partial charge in [0.2, 0.25) is 11.8 Å². The summed E-state index contributed by atoms with van der Waals surface area (Å²) >= 11 is 0. The highest BCUT2D eigenvalue weighted by Crippen LogP contribution is 2.11.